The van der Waals surface area contributed by atoms with E-state index in [9.17, 15) is 4.39 Å². The van der Waals surface area contributed by atoms with Crippen LogP contribution in [-0.4, -0.2) is 32.5 Å². The molecule has 1 N–H and O–H groups in total. The molecule has 0 fully saturated rings. The standard InChI is InChI=1S/C22H22FN5OS/c1-28-22(25-26-27-28)30-13-12-24-14-20-19-5-3-2-4-17(19)8-11-21(20)29-15-16-6-9-18(23)10-7-16/h2-11,24H,12-15H2,1H3. The topological polar surface area (TPSA) is 64.9 Å². The Kier molecular flexibility index (Phi) is 6.56. The van der Waals surface area contributed by atoms with Crippen molar-refractivity contribution in [1.82, 2.24) is 25.5 Å². The first-order valence-corrected chi connectivity index (χ1v) is 10.6. The van der Waals surface area contributed by atoms with E-state index in [1.807, 2.05) is 25.2 Å². The summed E-state index contributed by atoms with van der Waals surface area (Å²) in [6.07, 6.45) is 0. The summed E-state index contributed by atoms with van der Waals surface area (Å²) < 4.78 is 20.9. The number of rotatable bonds is 9. The molecule has 0 radical (unpaired) electrons. The molecule has 6 nitrogen and oxygen atoms in total. The number of aryl methyl sites for hydroxylation is 1. The molecule has 0 aliphatic carbocycles. The molecular formula is C22H22FN5OS. The second-order valence-corrected chi connectivity index (χ2v) is 7.85. The van der Waals surface area contributed by atoms with Crippen LogP contribution in [0.3, 0.4) is 0 Å². The van der Waals surface area contributed by atoms with E-state index in [1.165, 1.54) is 17.5 Å². The molecular weight excluding hydrogens is 401 g/mol. The first kappa shape index (κ1) is 20.3. The molecule has 0 unspecified atom stereocenters. The van der Waals surface area contributed by atoms with Crippen molar-refractivity contribution in [3.8, 4) is 5.75 Å². The highest BCUT2D eigenvalue weighted by molar-refractivity contribution is 7.99. The van der Waals surface area contributed by atoms with Crippen molar-refractivity contribution in [2.45, 2.75) is 18.3 Å². The summed E-state index contributed by atoms with van der Waals surface area (Å²) in [4.78, 5) is 0. The number of halogens is 1. The van der Waals surface area contributed by atoms with Crippen molar-refractivity contribution < 1.29 is 9.13 Å². The lowest BCUT2D eigenvalue weighted by molar-refractivity contribution is 0.302. The van der Waals surface area contributed by atoms with Crippen molar-refractivity contribution in [2.75, 3.05) is 12.3 Å². The zero-order valence-electron chi connectivity index (χ0n) is 16.6. The number of thioether (sulfide) groups is 1. The van der Waals surface area contributed by atoms with E-state index < -0.39 is 0 Å². The maximum absolute atomic E-state index is 13.1. The second-order valence-electron chi connectivity index (χ2n) is 6.79. The normalized spacial score (nSPS) is 11.1. The van der Waals surface area contributed by atoms with Gasteiger partial charge in [-0.1, -0.05) is 54.2 Å². The second kappa shape index (κ2) is 9.69. The smallest absolute Gasteiger partial charge is 0.209 e. The third-order valence-corrected chi connectivity index (χ3v) is 5.71. The number of ether oxygens (including phenoxy) is 1. The molecule has 0 saturated carbocycles. The maximum Gasteiger partial charge on any atom is 0.209 e. The van der Waals surface area contributed by atoms with E-state index in [1.54, 1.807) is 28.6 Å². The fraction of sp³-hybridized carbons (Fsp3) is 0.227. The number of hydrogen-bond donors (Lipinski definition) is 1. The van der Waals surface area contributed by atoms with Gasteiger partial charge in [0.15, 0.2) is 0 Å². The highest BCUT2D eigenvalue weighted by Crippen LogP contribution is 2.29. The number of benzene rings is 3. The Morgan fingerprint density at radius 2 is 1.90 bits per heavy atom. The largest absolute Gasteiger partial charge is 0.489 e. The highest BCUT2D eigenvalue weighted by Gasteiger charge is 2.10. The summed E-state index contributed by atoms with van der Waals surface area (Å²) in [5.74, 6) is 1.44. The Bertz CT molecular complexity index is 1120. The number of tetrazole rings is 1. The van der Waals surface area contributed by atoms with E-state index in [-0.39, 0.29) is 5.82 Å². The molecule has 1 heterocycles. The quantitative estimate of drug-likeness (QED) is 0.325. The van der Waals surface area contributed by atoms with Crippen LogP contribution >= 0.6 is 11.8 Å². The average molecular weight is 424 g/mol. The summed E-state index contributed by atoms with van der Waals surface area (Å²) in [6.45, 7) is 1.87. The van der Waals surface area contributed by atoms with E-state index in [2.05, 4.69) is 39.0 Å². The van der Waals surface area contributed by atoms with Crippen LogP contribution < -0.4 is 10.1 Å². The average Bonchev–Trinajstić information content (AvgIpc) is 3.18. The predicted molar refractivity (Wildman–Crippen MR) is 116 cm³/mol. The van der Waals surface area contributed by atoms with Crippen molar-refractivity contribution >= 4 is 22.5 Å². The molecule has 0 aliphatic rings. The monoisotopic (exact) mass is 423 g/mol. The lowest BCUT2D eigenvalue weighted by Gasteiger charge is -2.15. The van der Waals surface area contributed by atoms with Gasteiger partial charge in [-0.25, -0.2) is 9.07 Å². The Hall–Kier alpha value is -2.97. The van der Waals surface area contributed by atoms with E-state index in [0.717, 1.165) is 39.7 Å². The molecule has 0 aliphatic heterocycles. The Balaban J connectivity index is 1.43. The first-order chi connectivity index (χ1) is 14.7. The van der Waals surface area contributed by atoms with Gasteiger partial charge >= 0.3 is 0 Å². The van der Waals surface area contributed by atoms with E-state index in [0.29, 0.717) is 13.2 Å². The maximum atomic E-state index is 13.1. The van der Waals surface area contributed by atoms with Crippen LogP contribution in [0.15, 0.2) is 65.8 Å². The van der Waals surface area contributed by atoms with Gasteiger partial charge in [-0.2, -0.15) is 0 Å². The van der Waals surface area contributed by atoms with Gasteiger partial charge < -0.3 is 10.1 Å². The highest BCUT2D eigenvalue weighted by atomic mass is 32.2. The lowest BCUT2D eigenvalue weighted by atomic mass is 10.0. The predicted octanol–water partition coefficient (Wildman–Crippen LogP) is 3.96. The minimum absolute atomic E-state index is 0.246. The summed E-state index contributed by atoms with van der Waals surface area (Å²) in [5.41, 5.74) is 2.04. The van der Waals surface area contributed by atoms with Crippen LogP contribution in [0.4, 0.5) is 4.39 Å². The summed E-state index contributed by atoms with van der Waals surface area (Å²) in [6, 6.07) is 18.7. The molecule has 0 saturated heterocycles. The van der Waals surface area contributed by atoms with Gasteiger partial charge in [0, 0.05) is 31.5 Å². The van der Waals surface area contributed by atoms with Crippen LogP contribution in [0.5, 0.6) is 5.75 Å². The summed E-state index contributed by atoms with van der Waals surface area (Å²) in [5, 5.41) is 18.1. The van der Waals surface area contributed by atoms with Gasteiger partial charge in [0.05, 0.1) is 0 Å². The van der Waals surface area contributed by atoms with Gasteiger partial charge in [0.25, 0.3) is 0 Å². The molecule has 0 spiro atoms. The zero-order chi connectivity index (χ0) is 20.8. The third kappa shape index (κ3) is 4.95. The number of nitrogens with one attached hydrogen (secondary N) is 1. The summed E-state index contributed by atoms with van der Waals surface area (Å²) >= 11 is 1.61. The van der Waals surface area contributed by atoms with Crippen molar-refractivity contribution in [3.05, 3.63) is 77.6 Å². The van der Waals surface area contributed by atoms with Gasteiger partial charge in [-0.05, 0) is 45.0 Å². The molecule has 8 heteroatoms. The molecule has 3 aromatic carbocycles. The minimum atomic E-state index is -0.246. The fourth-order valence-electron chi connectivity index (χ4n) is 3.15. The first-order valence-electron chi connectivity index (χ1n) is 9.64. The zero-order valence-corrected chi connectivity index (χ0v) is 17.4. The Labute approximate surface area is 178 Å². The number of nitrogens with zero attached hydrogens (tertiary/aromatic N) is 4. The van der Waals surface area contributed by atoms with Crippen LogP contribution in [0, 0.1) is 5.82 Å². The number of fused-ring (bicyclic) bond motifs is 1. The van der Waals surface area contributed by atoms with Gasteiger partial charge in [-0.15, -0.1) is 5.10 Å². The van der Waals surface area contributed by atoms with Crippen LogP contribution in [-0.2, 0) is 20.2 Å². The lowest BCUT2D eigenvalue weighted by Crippen LogP contribution is -2.17. The van der Waals surface area contributed by atoms with Crippen molar-refractivity contribution in [1.29, 1.82) is 0 Å². The van der Waals surface area contributed by atoms with Crippen LogP contribution in [0.2, 0.25) is 0 Å². The van der Waals surface area contributed by atoms with Crippen LogP contribution in [0.1, 0.15) is 11.1 Å². The Morgan fingerprint density at radius 3 is 2.70 bits per heavy atom. The summed E-state index contributed by atoms with van der Waals surface area (Å²) in [7, 11) is 1.83. The number of aromatic nitrogens is 4. The molecule has 1 aromatic heterocycles. The van der Waals surface area contributed by atoms with Crippen LogP contribution in [0.25, 0.3) is 10.8 Å². The molecule has 0 atom stereocenters. The molecule has 0 bridgehead atoms. The molecule has 4 aromatic rings. The van der Waals surface area contributed by atoms with Gasteiger partial charge in [-0.3, -0.25) is 0 Å². The molecule has 154 valence electrons. The fourth-order valence-corrected chi connectivity index (χ4v) is 3.89. The third-order valence-electron chi connectivity index (χ3n) is 4.70. The Morgan fingerprint density at radius 1 is 1.07 bits per heavy atom. The minimum Gasteiger partial charge on any atom is -0.489 e. The molecule has 4 rings (SSSR count). The number of hydrogen-bond acceptors (Lipinski definition) is 6. The van der Waals surface area contributed by atoms with Crippen molar-refractivity contribution in [2.24, 2.45) is 7.05 Å². The van der Waals surface area contributed by atoms with E-state index >= 15 is 0 Å². The van der Waals surface area contributed by atoms with Crippen molar-refractivity contribution in [3.63, 3.8) is 0 Å². The van der Waals surface area contributed by atoms with Gasteiger partial charge in [0.2, 0.25) is 5.16 Å². The van der Waals surface area contributed by atoms with E-state index in [4.69, 9.17) is 4.74 Å². The molecule has 30 heavy (non-hydrogen) atoms. The molecule has 0 amide bonds. The SMILES string of the molecule is Cn1nnnc1SCCNCc1c(OCc2ccc(F)cc2)ccc2ccccc12. The van der Waals surface area contributed by atoms with Gasteiger partial charge in [0.1, 0.15) is 18.2 Å².